The first kappa shape index (κ1) is 6.85. The highest BCUT2D eigenvalue weighted by molar-refractivity contribution is 5.84. The maximum atomic E-state index is 10.7. The molecule has 0 spiro atoms. The van der Waals surface area contributed by atoms with Crippen molar-refractivity contribution in [1.82, 2.24) is 5.32 Å². The van der Waals surface area contributed by atoms with Gasteiger partial charge < -0.3 is 10.1 Å². The fourth-order valence-electron chi connectivity index (χ4n) is 1.59. The summed E-state index contributed by atoms with van der Waals surface area (Å²) in [5.74, 6) is -0.205. The van der Waals surface area contributed by atoms with Gasteiger partial charge >= 0.3 is 5.97 Å². The topological polar surface area (TPSA) is 38.3 Å². The van der Waals surface area contributed by atoms with E-state index in [0.717, 1.165) is 13.0 Å². The summed E-state index contributed by atoms with van der Waals surface area (Å²) in [5, 5.41) is 3.29. The highest BCUT2D eigenvalue weighted by Gasteiger charge is 2.28. The number of carbonyl (C=O) groups excluding carboxylic acids is 1. The first-order valence-corrected chi connectivity index (χ1v) is 3.98. The SMILES string of the molecule is O=C1C=C[C@@H]([C@@H]2CCCN2)O1. The van der Waals surface area contributed by atoms with Crippen molar-refractivity contribution in [3.63, 3.8) is 0 Å². The first-order chi connectivity index (χ1) is 5.36. The van der Waals surface area contributed by atoms with Crippen LogP contribution in [0.15, 0.2) is 12.2 Å². The molecule has 0 amide bonds. The van der Waals surface area contributed by atoms with Crippen LogP contribution in [0.3, 0.4) is 0 Å². The summed E-state index contributed by atoms with van der Waals surface area (Å²) in [6, 6.07) is 0.359. The minimum atomic E-state index is -0.205. The third-order valence-electron chi connectivity index (χ3n) is 2.17. The average Bonchev–Trinajstić information content (AvgIpc) is 2.55. The van der Waals surface area contributed by atoms with Crippen LogP contribution >= 0.6 is 0 Å². The van der Waals surface area contributed by atoms with Crippen LogP contribution in [-0.4, -0.2) is 24.7 Å². The van der Waals surface area contributed by atoms with Crippen LogP contribution in [0.1, 0.15) is 12.8 Å². The molecule has 3 heteroatoms. The van der Waals surface area contributed by atoms with Gasteiger partial charge in [0.25, 0.3) is 0 Å². The van der Waals surface area contributed by atoms with Crippen LogP contribution in [0.4, 0.5) is 0 Å². The zero-order chi connectivity index (χ0) is 7.68. The molecule has 1 N–H and O–H groups in total. The van der Waals surface area contributed by atoms with E-state index in [4.69, 9.17) is 4.74 Å². The van der Waals surface area contributed by atoms with Gasteiger partial charge in [-0.2, -0.15) is 0 Å². The molecule has 3 nitrogen and oxygen atoms in total. The maximum Gasteiger partial charge on any atom is 0.331 e. The van der Waals surface area contributed by atoms with Gasteiger partial charge in [-0.1, -0.05) is 0 Å². The lowest BCUT2D eigenvalue weighted by atomic mass is 10.1. The van der Waals surface area contributed by atoms with Crippen LogP contribution in [0.5, 0.6) is 0 Å². The minimum Gasteiger partial charge on any atom is -0.453 e. The molecule has 2 aliphatic rings. The van der Waals surface area contributed by atoms with Gasteiger partial charge in [0.2, 0.25) is 0 Å². The van der Waals surface area contributed by atoms with E-state index in [1.807, 2.05) is 6.08 Å². The molecule has 2 heterocycles. The number of esters is 1. The number of hydrogen-bond acceptors (Lipinski definition) is 3. The van der Waals surface area contributed by atoms with Gasteiger partial charge in [0, 0.05) is 12.1 Å². The molecule has 2 atom stereocenters. The van der Waals surface area contributed by atoms with E-state index in [0.29, 0.717) is 6.04 Å². The van der Waals surface area contributed by atoms with E-state index in [-0.39, 0.29) is 12.1 Å². The van der Waals surface area contributed by atoms with Crippen molar-refractivity contribution in [3.05, 3.63) is 12.2 Å². The third kappa shape index (κ3) is 1.28. The Hall–Kier alpha value is -0.830. The van der Waals surface area contributed by atoms with E-state index in [9.17, 15) is 4.79 Å². The van der Waals surface area contributed by atoms with Crippen molar-refractivity contribution >= 4 is 5.97 Å². The van der Waals surface area contributed by atoms with Crippen LogP contribution < -0.4 is 5.32 Å². The number of hydrogen-bond donors (Lipinski definition) is 1. The fraction of sp³-hybridized carbons (Fsp3) is 0.625. The molecule has 0 bridgehead atoms. The molecule has 2 rings (SSSR count). The highest BCUT2D eigenvalue weighted by atomic mass is 16.5. The standard InChI is InChI=1S/C8H11NO2/c10-8-4-3-7(11-8)6-2-1-5-9-6/h3-4,6-7,9H,1-2,5H2/t6-,7-/m0/s1. The summed E-state index contributed by atoms with van der Waals surface area (Å²) in [5.41, 5.74) is 0. The summed E-state index contributed by atoms with van der Waals surface area (Å²) in [7, 11) is 0. The van der Waals surface area contributed by atoms with Gasteiger partial charge in [-0.25, -0.2) is 4.79 Å². The molecule has 1 saturated heterocycles. The molecule has 0 radical (unpaired) electrons. The molecule has 0 saturated carbocycles. The van der Waals surface area contributed by atoms with E-state index < -0.39 is 0 Å². The van der Waals surface area contributed by atoms with Gasteiger partial charge in [0.1, 0.15) is 6.10 Å². The number of carbonyl (C=O) groups is 1. The average molecular weight is 153 g/mol. The van der Waals surface area contributed by atoms with Crippen molar-refractivity contribution < 1.29 is 9.53 Å². The molecule has 0 unspecified atom stereocenters. The lowest BCUT2D eigenvalue weighted by molar-refractivity contribution is -0.139. The first-order valence-electron chi connectivity index (χ1n) is 3.98. The van der Waals surface area contributed by atoms with Crippen LogP contribution in [0.25, 0.3) is 0 Å². The van der Waals surface area contributed by atoms with E-state index >= 15 is 0 Å². The van der Waals surface area contributed by atoms with Crippen LogP contribution in [0, 0.1) is 0 Å². The van der Waals surface area contributed by atoms with Crippen molar-refractivity contribution in [2.75, 3.05) is 6.54 Å². The second-order valence-electron chi connectivity index (χ2n) is 2.96. The summed E-state index contributed by atoms with van der Waals surface area (Å²) in [6.45, 7) is 1.05. The minimum absolute atomic E-state index is 0.00926. The molecule has 0 aromatic rings. The third-order valence-corrected chi connectivity index (χ3v) is 2.17. The molecular weight excluding hydrogens is 142 g/mol. The number of cyclic esters (lactones) is 1. The van der Waals surface area contributed by atoms with Crippen molar-refractivity contribution in [3.8, 4) is 0 Å². The number of ether oxygens (including phenoxy) is 1. The zero-order valence-electron chi connectivity index (χ0n) is 6.25. The monoisotopic (exact) mass is 153 g/mol. The van der Waals surface area contributed by atoms with E-state index in [1.54, 1.807) is 0 Å². The van der Waals surface area contributed by atoms with Gasteiger partial charge in [-0.15, -0.1) is 0 Å². The Morgan fingerprint density at radius 3 is 3.09 bits per heavy atom. The predicted octanol–water partition coefficient (Wildman–Crippen LogP) is 0.220. The summed E-state index contributed by atoms with van der Waals surface area (Å²) < 4.78 is 5.03. The molecule has 60 valence electrons. The summed E-state index contributed by atoms with van der Waals surface area (Å²) in [4.78, 5) is 10.7. The molecule has 1 fully saturated rings. The van der Waals surface area contributed by atoms with Gasteiger partial charge in [0.05, 0.1) is 0 Å². The van der Waals surface area contributed by atoms with E-state index in [1.165, 1.54) is 12.5 Å². The molecule has 2 aliphatic heterocycles. The quantitative estimate of drug-likeness (QED) is 0.548. The number of nitrogens with one attached hydrogen (secondary N) is 1. The Balaban J connectivity index is 1.96. The normalized spacial score (nSPS) is 36.2. The van der Waals surface area contributed by atoms with E-state index in [2.05, 4.69) is 5.32 Å². The summed E-state index contributed by atoms with van der Waals surface area (Å²) >= 11 is 0. The second-order valence-corrected chi connectivity index (χ2v) is 2.96. The Bertz CT molecular complexity index is 194. The van der Waals surface area contributed by atoms with Crippen LogP contribution in [0.2, 0.25) is 0 Å². The second kappa shape index (κ2) is 2.66. The van der Waals surface area contributed by atoms with Gasteiger partial charge in [-0.3, -0.25) is 0 Å². The lowest BCUT2D eigenvalue weighted by Crippen LogP contribution is -2.34. The van der Waals surface area contributed by atoms with Gasteiger partial charge in [0.15, 0.2) is 0 Å². The highest BCUT2D eigenvalue weighted by Crippen LogP contribution is 2.16. The Morgan fingerprint density at radius 2 is 2.55 bits per heavy atom. The smallest absolute Gasteiger partial charge is 0.331 e. The Morgan fingerprint density at radius 1 is 1.64 bits per heavy atom. The zero-order valence-corrected chi connectivity index (χ0v) is 6.25. The Labute approximate surface area is 65.4 Å². The molecule has 0 aromatic heterocycles. The Kier molecular flexibility index (Phi) is 1.66. The molecule has 0 aromatic carbocycles. The molecule has 0 aliphatic carbocycles. The number of rotatable bonds is 1. The molecular formula is C8H11NO2. The van der Waals surface area contributed by atoms with Crippen molar-refractivity contribution in [2.24, 2.45) is 0 Å². The van der Waals surface area contributed by atoms with Gasteiger partial charge in [-0.05, 0) is 25.5 Å². The fourth-order valence-corrected chi connectivity index (χ4v) is 1.59. The lowest BCUT2D eigenvalue weighted by Gasteiger charge is -2.15. The van der Waals surface area contributed by atoms with Crippen molar-refractivity contribution in [2.45, 2.75) is 25.0 Å². The predicted molar refractivity (Wildman–Crippen MR) is 40.0 cm³/mol. The molecule has 11 heavy (non-hydrogen) atoms. The largest absolute Gasteiger partial charge is 0.453 e. The van der Waals surface area contributed by atoms with Crippen LogP contribution in [-0.2, 0) is 9.53 Å². The summed E-state index contributed by atoms with van der Waals surface area (Å²) in [6.07, 6.45) is 5.63. The maximum absolute atomic E-state index is 10.7. The van der Waals surface area contributed by atoms with Crippen molar-refractivity contribution in [1.29, 1.82) is 0 Å².